The normalized spacial score (nSPS) is 18.0. The summed E-state index contributed by atoms with van der Waals surface area (Å²) in [4.78, 5) is 15.7. The van der Waals surface area contributed by atoms with Crippen molar-refractivity contribution >= 4 is 11.8 Å². The van der Waals surface area contributed by atoms with Crippen molar-refractivity contribution in [2.45, 2.75) is 116 Å². The monoisotopic (exact) mass is 448 g/mol. The van der Waals surface area contributed by atoms with Crippen LogP contribution in [0.3, 0.4) is 0 Å². The molecule has 3 N–H and O–H groups in total. The SMILES string of the molecule is CCCCCCCCCCC/C=C/CCCCCCCC1=NC=C[N+]1(CCN)CC(=O)O. The Morgan fingerprint density at radius 1 is 0.906 bits per heavy atom. The molecule has 1 aliphatic heterocycles. The molecule has 0 aliphatic carbocycles. The van der Waals surface area contributed by atoms with Crippen LogP contribution < -0.4 is 5.73 Å². The molecule has 0 bridgehead atoms. The average molecular weight is 449 g/mol. The number of hydrogen-bond donors (Lipinski definition) is 2. The second-order valence-corrected chi connectivity index (χ2v) is 9.34. The van der Waals surface area contributed by atoms with Gasteiger partial charge in [-0.1, -0.05) is 89.7 Å². The molecular weight excluding hydrogens is 398 g/mol. The van der Waals surface area contributed by atoms with Crippen LogP contribution in [-0.4, -0.2) is 41.0 Å². The molecule has 1 atom stereocenters. The summed E-state index contributed by atoms with van der Waals surface area (Å²) in [7, 11) is 0. The predicted octanol–water partition coefficient (Wildman–Crippen LogP) is 6.94. The van der Waals surface area contributed by atoms with Crippen molar-refractivity contribution in [3.63, 3.8) is 0 Å². The van der Waals surface area contributed by atoms with Gasteiger partial charge in [0.15, 0.2) is 6.54 Å². The van der Waals surface area contributed by atoms with Crippen LogP contribution in [0.5, 0.6) is 0 Å². The smallest absolute Gasteiger partial charge is 0.360 e. The van der Waals surface area contributed by atoms with Crippen LogP contribution in [0.15, 0.2) is 29.5 Å². The highest BCUT2D eigenvalue weighted by molar-refractivity contribution is 5.81. The highest BCUT2D eigenvalue weighted by atomic mass is 16.4. The molecule has 1 aliphatic rings. The molecule has 5 heteroatoms. The maximum atomic E-state index is 11.3. The van der Waals surface area contributed by atoms with E-state index in [2.05, 4.69) is 24.1 Å². The highest BCUT2D eigenvalue weighted by Gasteiger charge is 2.36. The van der Waals surface area contributed by atoms with Gasteiger partial charge in [0.25, 0.3) is 0 Å². The van der Waals surface area contributed by atoms with Crippen molar-refractivity contribution in [2.24, 2.45) is 10.7 Å². The van der Waals surface area contributed by atoms with E-state index in [1.807, 2.05) is 6.20 Å². The zero-order valence-corrected chi connectivity index (χ0v) is 20.8. The van der Waals surface area contributed by atoms with E-state index in [1.54, 1.807) is 6.20 Å². The average Bonchev–Trinajstić information content (AvgIpc) is 3.14. The molecule has 184 valence electrons. The summed E-state index contributed by atoms with van der Waals surface area (Å²) in [5, 5.41) is 9.26. The van der Waals surface area contributed by atoms with Gasteiger partial charge in [0, 0.05) is 13.0 Å². The largest absolute Gasteiger partial charge is 0.477 e. The number of rotatable bonds is 22. The maximum absolute atomic E-state index is 11.3. The predicted molar refractivity (Wildman–Crippen MR) is 137 cm³/mol. The quantitative estimate of drug-likeness (QED) is 0.107. The zero-order chi connectivity index (χ0) is 23.3. The zero-order valence-electron chi connectivity index (χ0n) is 20.8. The number of aliphatic carboxylic acids is 1. The third-order valence-corrected chi connectivity index (χ3v) is 6.45. The number of allylic oxidation sites excluding steroid dienone is 2. The van der Waals surface area contributed by atoms with E-state index in [0.717, 1.165) is 18.7 Å². The summed E-state index contributed by atoms with van der Waals surface area (Å²) < 4.78 is 0.301. The Labute approximate surface area is 197 Å². The van der Waals surface area contributed by atoms with Gasteiger partial charge in [-0.05, 0) is 32.1 Å². The van der Waals surface area contributed by atoms with Crippen molar-refractivity contribution in [1.29, 1.82) is 0 Å². The molecule has 0 spiro atoms. The van der Waals surface area contributed by atoms with Gasteiger partial charge in [-0.25, -0.2) is 14.3 Å². The number of amidine groups is 1. The Morgan fingerprint density at radius 2 is 1.44 bits per heavy atom. The third-order valence-electron chi connectivity index (χ3n) is 6.45. The second kappa shape index (κ2) is 19.0. The Bertz CT molecular complexity index is 571. The third kappa shape index (κ3) is 13.2. The van der Waals surface area contributed by atoms with E-state index in [9.17, 15) is 9.90 Å². The molecule has 0 saturated carbocycles. The fourth-order valence-electron chi connectivity index (χ4n) is 4.52. The second-order valence-electron chi connectivity index (χ2n) is 9.34. The number of nitrogens with zero attached hydrogens (tertiary/aromatic N) is 2. The fourth-order valence-corrected chi connectivity index (χ4v) is 4.52. The van der Waals surface area contributed by atoms with Crippen molar-refractivity contribution in [3.05, 3.63) is 24.6 Å². The number of hydrogen-bond acceptors (Lipinski definition) is 3. The molecule has 1 rings (SSSR count). The van der Waals surface area contributed by atoms with Crippen LogP contribution in [0.4, 0.5) is 0 Å². The molecule has 0 aromatic heterocycles. The van der Waals surface area contributed by atoms with Crippen molar-refractivity contribution in [2.75, 3.05) is 19.6 Å². The summed E-state index contributed by atoms with van der Waals surface area (Å²) in [5.74, 6) is 0.154. The topological polar surface area (TPSA) is 75.7 Å². The van der Waals surface area contributed by atoms with Crippen molar-refractivity contribution in [1.82, 2.24) is 0 Å². The number of quaternary nitrogens is 1. The van der Waals surface area contributed by atoms with E-state index in [4.69, 9.17) is 5.73 Å². The lowest BCUT2D eigenvalue weighted by atomic mass is 10.1. The van der Waals surface area contributed by atoms with Gasteiger partial charge in [0.2, 0.25) is 5.84 Å². The first-order chi connectivity index (χ1) is 15.6. The standard InChI is InChI=1S/C27H49N3O2/c1-2-3-4-5-6-7-8-9-10-11-12-13-14-15-16-17-18-19-20-26-29-22-24-30(26,23-21-28)25-27(31)32/h12-13,22,24H,2-11,14-21,23,25,28H2,1H3/p+1/b13-12+. The highest BCUT2D eigenvalue weighted by Crippen LogP contribution is 2.21. The minimum atomic E-state index is -0.802. The lowest BCUT2D eigenvalue weighted by molar-refractivity contribution is -0.778. The maximum Gasteiger partial charge on any atom is 0.360 e. The summed E-state index contributed by atoms with van der Waals surface area (Å²) in [6, 6.07) is 0. The molecule has 32 heavy (non-hydrogen) atoms. The Balaban J connectivity index is 1.96. The number of unbranched alkanes of at least 4 members (excludes halogenated alkanes) is 14. The molecule has 1 heterocycles. The lowest BCUT2D eigenvalue weighted by Crippen LogP contribution is -2.52. The van der Waals surface area contributed by atoms with E-state index < -0.39 is 5.97 Å². The van der Waals surface area contributed by atoms with Crippen LogP contribution in [0.1, 0.15) is 116 Å². The Hall–Kier alpha value is -1.46. The van der Waals surface area contributed by atoms with E-state index in [-0.39, 0.29) is 6.54 Å². The molecule has 0 amide bonds. The van der Waals surface area contributed by atoms with Crippen LogP contribution in [0.2, 0.25) is 0 Å². The summed E-state index contributed by atoms with van der Waals surface area (Å²) in [5.41, 5.74) is 5.73. The van der Waals surface area contributed by atoms with Gasteiger partial charge < -0.3 is 10.8 Å². The minimum Gasteiger partial charge on any atom is -0.477 e. The first kappa shape index (κ1) is 28.6. The number of carboxylic acid groups (broad SMARTS) is 1. The van der Waals surface area contributed by atoms with Crippen molar-refractivity contribution in [3.8, 4) is 0 Å². The summed E-state index contributed by atoms with van der Waals surface area (Å²) >= 11 is 0. The molecule has 0 fully saturated rings. The molecule has 0 aromatic carbocycles. The van der Waals surface area contributed by atoms with Crippen LogP contribution in [-0.2, 0) is 4.79 Å². The van der Waals surface area contributed by atoms with E-state index in [0.29, 0.717) is 17.6 Å². The fraction of sp³-hybridized carbons (Fsp3) is 0.778. The van der Waals surface area contributed by atoms with Crippen molar-refractivity contribution < 1.29 is 14.4 Å². The van der Waals surface area contributed by atoms with Gasteiger partial charge in [-0.15, -0.1) is 0 Å². The summed E-state index contributed by atoms with van der Waals surface area (Å²) in [6.45, 7) is 3.38. The number of nitrogens with two attached hydrogens (primary N) is 1. The first-order valence-corrected chi connectivity index (χ1v) is 13.3. The number of carboxylic acids is 1. The van der Waals surface area contributed by atoms with Gasteiger partial charge >= 0.3 is 5.97 Å². The minimum absolute atomic E-state index is 0.0396. The molecule has 5 nitrogen and oxygen atoms in total. The lowest BCUT2D eigenvalue weighted by Gasteiger charge is -2.30. The molecular formula is C27H50N3O2+. The molecule has 0 aromatic rings. The Morgan fingerprint density at radius 3 is 1.97 bits per heavy atom. The molecule has 0 radical (unpaired) electrons. The molecule has 0 saturated heterocycles. The first-order valence-electron chi connectivity index (χ1n) is 13.3. The van der Waals surface area contributed by atoms with Crippen LogP contribution >= 0.6 is 0 Å². The van der Waals surface area contributed by atoms with Crippen LogP contribution in [0.25, 0.3) is 0 Å². The van der Waals surface area contributed by atoms with Gasteiger partial charge in [-0.2, -0.15) is 0 Å². The number of carbonyl (C=O) groups is 1. The van der Waals surface area contributed by atoms with Gasteiger partial charge in [0.05, 0.1) is 6.20 Å². The Kier molecular flexibility index (Phi) is 17.0. The number of aliphatic imine (C=N–C) groups is 1. The van der Waals surface area contributed by atoms with Gasteiger partial charge in [0.1, 0.15) is 12.7 Å². The van der Waals surface area contributed by atoms with E-state index in [1.165, 1.54) is 96.3 Å². The van der Waals surface area contributed by atoms with Gasteiger partial charge in [-0.3, -0.25) is 0 Å². The van der Waals surface area contributed by atoms with E-state index >= 15 is 0 Å². The van der Waals surface area contributed by atoms with Crippen LogP contribution in [0, 0.1) is 0 Å². The molecule has 1 unspecified atom stereocenters. The summed E-state index contributed by atoms with van der Waals surface area (Å²) in [6.07, 6.45) is 30.3.